The summed E-state index contributed by atoms with van der Waals surface area (Å²) in [4.78, 5) is 4.72. The first-order chi connectivity index (χ1) is 9.14. The Bertz CT molecular complexity index is 602. The molecule has 1 aromatic heterocycles. The summed E-state index contributed by atoms with van der Waals surface area (Å²) in [6.07, 6.45) is 1.85. The lowest BCUT2D eigenvalue weighted by molar-refractivity contribution is 0.175. The number of hydrogen-bond acceptors (Lipinski definition) is 3. The van der Waals surface area contributed by atoms with Gasteiger partial charge in [-0.2, -0.15) is 0 Å². The lowest BCUT2D eigenvalue weighted by Gasteiger charge is -2.22. The zero-order valence-electron chi connectivity index (χ0n) is 11.0. The topological polar surface area (TPSA) is 53.1 Å². The SMILES string of the molecule is CCCn1c(C2(N)CCOC2)nc2cc(Cl)ccc21. The maximum atomic E-state index is 6.47. The van der Waals surface area contributed by atoms with Crippen molar-refractivity contribution in [2.45, 2.75) is 31.8 Å². The highest BCUT2D eigenvalue weighted by atomic mass is 35.5. The molecule has 2 N–H and O–H groups in total. The van der Waals surface area contributed by atoms with Gasteiger partial charge >= 0.3 is 0 Å². The van der Waals surface area contributed by atoms with Crippen LogP contribution in [0.3, 0.4) is 0 Å². The summed E-state index contributed by atoms with van der Waals surface area (Å²) in [6, 6.07) is 5.81. The quantitative estimate of drug-likeness (QED) is 0.940. The standard InChI is InChI=1S/C14H18ClN3O/c1-2-6-18-12-4-3-10(15)8-11(12)17-13(18)14(16)5-7-19-9-14/h3-4,8H,2,5-7,9,16H2,1H3. The van der Waals surface area contributed by atoms with Crippen LogP contribution in [0, 0.1) is 0 Å². The molecular weight excluding hydrogens is 262 g/mol. The van der Waals surface area contributed by atoms with E-state index in [1.165, 1.54) is 0 Å². The van der Waals surface area contributed by atoms with Gasteiger partial charge in [0.2, 0.25) is 0 Å². The fraction of sp³-hybridized carbons (Fsp3) is 0.500. The smallest absolute Gasteiger partial charge is 0.132 e. The molecule has 0 aliphatic carbocycles. The van der Waals surface area contributed by atoms with Crippen molar-refractivity contribution < 1.29 is 4.74 Å². The van der Waals surface area contributed by atoms with Crippen LogP contribution in [0.2, 0.25) is 5.02 Å². The summed E-state index contributed by atoms with van der Waals surface area (Å²) >= 11 is 6.05. The summed E-state index contributed by atoms with van der Waals surface area (Å²) in [5, 5.41) is 0.703. The molecule has 1 aliphatic rings. The van der Waals surface area contributed by atoms with Crippen LogP contribution in [-0.2, 0) is 16.8 Å². The number of imidazole rings is 1. The van der Waals surface area contributed by atoms with Gasteiger partial charge in [0.15, 0.2) is 0 Å². The van der Waals surface area contributed by atoms with Crippen molar-refractivity contribution in [1.29, 1.82) is 0 Å². The van der Waals surface area contributed by atoms with Crippen molar-refractivity contribution in [2.75, 3.05) is 13.2 Å². The molecule has 0 amide bonds. The van der Waals surface area contributed by atoms with Crippen LogP contribution in [-0.4, -0.2) is 22.8 Å². The van der Waals surface area contributed by atoms with Crippen LogP contribution in [0.15, 0.2) is 18.2 Å². The number of nitrogens with two attached hydrogens (primary N) is 1. The summed E-state index contributed by atoms with van der Waals surface area (Å²) in [7, 11) is 0. The molecule has 1 aromatic carbocycles. The average molecular weight is 280 g/mol. The zero-order chi connectivity index (χ0) is 13.5. The second kappa shape index (κ2) is 4.78. The van der Waals surface area contributed by atoms with Gasteiger partial charge < -0.3 is 15.0 Å². The molecule has 5 heteroatoms. The van der Waals surface area contributed by atoms with Gasteiger partial charge in [-0.15, -0.1) is 0 Å². The number of halogens is 1. The Balaban J connectivity index is 2.19. The summed E-state index contributed by atoms with van der Waals surface area (Å²) in [5.74, 6) is 0.920. The monoisotopic (exact) mass is 279 g/mol. The Hall–Kier alpha value is -1.10. The first kappa shape index (κ1) is 12.9. The molecule has 4 nitrogen and oxygen atoms in total. The molecule has 0 spiro atoms. The van der Waals surface area contributed by atoms with Crippen LogP contribution in [0.5, 0.6) is 0 Å². The molecule has 3 rings (SSSR count). The van der Waals surface area contributed by atoms with Gasteiger partial charge in [0.25, 0.3) is 0 Å². The van der Waals surface area contributed by atoms with Crippen LogP contribution >= 0.6 is 11.6 Å². The molecule has 1 aliphatic heterocycles. The maximum Gasteiger partial charge on any atom is 0.132 e. The van der Waals surface area contributed by atoms with Crippen molar-refractivity contribution in [2.24, 2.45) is 5.73 Å². The molecule has 1 saturated heterocycles. The number of fused-ring (bicyclic) bond motifs is 1. The third-order valence-electron chi connectivity index (χ3n) is 3.65. The van der Waals surface area contributed by atoms with Crippen LogP contribution < -0.4 is 5.73 Å². The van der Waals surface area contributed by atoms with E-state index in [0.29, 0.717) is 18.2 Å². The van der Waals surface area contributed by atoms with E-state index in [9.17, 15) is 0 Å². The lowest BCUT2D eigenvalue weighted by Crippen LogP contribution is -2.40. The van der Waals surface area contributed by atoms with E-state index in [1.54, 1.807) is 0 Å². The van der Waals surface area contributed by atoms with Gasteiger partial charge in [0.05, 0.1) is 17.6 Å². The van der Waals surface area contributed by atoms with Crippen molar-refractivity contribution in [3.05, 3.63) is 29.0 Å². The Morgan fingerprint density at radius 3 is 3.05 bits per heavy atom. The van der Waals surface area contributed by atoms with Gasteiger partial charge in [-0.1, -0.05) is 18.5 Å². The Kier molecular flexibility index (Phi) is 3.25. The van der Waals surface area contributed by atoms with E-state index >= 15 is 0 Å². The highest BCUT2D eigenvalue weighted by molar-refractivity contribution is 6.31. The number of nitrogens with zero attached hydrogens (tertiary/aromatic N) is 2. The predicted molar refractivity (Wildman–Crippen MR) is 76.3 cm³/mol. The van der Waals surface area contributed by atoms with Crippen molar-refractivity contribution in [3.63, 3.8) is 0 Å². The number of rotatable bonds is 3. The average Bonchev–Trinajstić information content (AvgIpc) is 2.95. The third-order valence-corrected chi connectivity index (χ3v) is 3.89. The first-order valence-electron chi connectivity index (χ1n) is 6.67. The molecule has 1 atom stereocenters. The van der Waals surface area contributed by atoms with Gasteiger partial charge in [0.1, 0.15) is 11.4 Å². The van der Waals surface area contributed by atoms with Gasteiger partial charge in [0, 0.05) is 18.2 Å². The van der Waals surface area contributed by atoms with E-state index in [2.05, 4.69) is 11.5 Å². The number of hydrogen-bond donors (Lipinski definition) is 1. The normalized spacial score (nSPS) is 23.3. The minimum Gasteiger partial charge on any atom is -0.379 e. The van der Waals surface area contributed by atoms with Crippen LogP contribution in [0.25, 0.3) is 11.0 Å². The minimum absolute atomic E-state index is 0.472. The fourth-order valence-corrected chi connectivity index (χ4v) is 2.86. The highest BCUT2D eigenvalue weighted by Crippen LogP contribution is 2.31. The molecule has 1 unspecified atom stereocenters. The largest absolute Gasteiger partial charge is 0.379 e. The lowest BCUT2D eigenvalue weighted by atomic mass is 9.99. The summed E-state index contributed by atoms with van der Waals surface area (Å²) in [6.45, 7) is 4.30. The van der Waals surface area contributed by atoms with Crippen LogP contribution in [0.4, 0.5) is 0 Å². The van der Waals surface area contributed by atoms with E-state index in [4.69, 9.17) is 27.1 Å². The number of benzene rings is 1. The zero-order valence-corrected chi connectivity index (χ0v) is 11.8. The minimum atomic E-state index is -0.472. The number of aryl methyl sites for hydroxylation is 1. The number of aromatic nitrogens is 2. The summed E-state index contributed by atoms with van der Waals surface area (Å²) in [5.41, 5.74) is 8.01. The van der Waals surface area contributed by atoms with Gasteiger partial charge in [-0.3, -0.25) is 0 Å². The van der Waals surface area contributed by atoms with Gasteiger partial charge in [-0.05, 0) is 31.0 Å². The van der Waals surface area contributed by atoms with E-state index in [0.717, 1.165) is 36.2 Å². The summed E-state index contributed by atoms with van der Waals surface area (Å²) < 4.78 is 7.67. The van der Waals surface area contributed by atoms with Gasteiger partial charge in [-0.25, -0.2) is 4.98 Å². The molecule has 0 saturated carbocycles. The van der Waals surface area contributed by atoms with Crippen molar-refractivity contribution >= 4 is 22.6 Å². The Labute approximate surface area is 117 Å². The molecule has 102 valence electrons. The fourth-order valence-electron chi connectivity index (χ4n) is 2.69. The Morgan fingerprint density at radius 1 is 1.53 bits per heavy atom. The molecule has 2 aromatic rings. The predicted octanol–water partition coefficient (Wildman–Crippen LogP) is 2.67. The second-order valence-corrected chi connectivity index (χ2v) is 5.62. The van der Waals surface area contributed by atoms with E-state index < -0.39 is 5.54 Å². The Morgan fingerprint density at radius 2 is 2.37 bits per heavy atom. The molecule has 0 radical (unpaired) electrons. The molecular formula is C14H18ClN3O. The van der Waals surface area contributed by atoms with Crippen molar-refractivity contribution in [1.82, 2.24) is 9.55 Å². The first-order valence-corrected chi connectivity index (χ1v) is 7.05. The molecule has 19 heavy (non-hydrogen) atoms. The van der Waals surface area contributed by atoms with Crippen LogP contribution in [0.1, 0.15) is 25.6 Å². The maximum absolute atomic E-state index is 6.47. The van der Waals surface area contributed by atoms with Crippen molar-refractivity contribution in [3.8, 4) is 0 Å². The number of ether oxygens (including phenoxy) is 1. The van der Waals surface area contributed by atoms with E-state index in [1.807, 2.05) is 18.2 Å². The second-order valence-electron chi connectivity index (χ2n) is 5.18. The third kappa shape index (κ3) is 2.14. The molecule has 2 heterocycles. The van der Waals surface area contributed by atoms with E-state index in [-0.39, 0.29) is 0 Å². The molecule has 1 fully saturated rings. The highest BCUT2D eigenvalue weighted by Gasteiger charge is 2.37. The molecule has 0 bridgehead atoms.